The molecule has 0 spiro atoms. The molecule has 7 heteroatoms. The third-order valence-electron chi connectivity index (χ3n) is 4.67. The molecule has 1 unspecified atom stereocenters. The number of benzene rings is 2. The molecule has 0 fully saturated rings. The lowest BCUT2D eigenvalue weighted by Gasteiger charge is -2.34. The fraction of sp³-hybridized carbons (Fsp3) is 0.143. The standard InChI is InChI=1S/C21H17N5O2/c1-14-13-25-19(21(28)26(14)17-8-3-2-4-9-17)18(12-23-25)20(27)24-16-7-5-6-15(10-16)11-22/h2-10,12,14H,13H2,1H3,(H,24,27). The maximum atomic E-state index is 13.2. The molecule has 0 saturated heterocycles. The lowest BCUT2D eigenvalue weighted by atomic mass is 10.1. The zero-order chi connectivity index (χ0) is 19.7. The van der Waals surface area contributed by atoms with Gasteiger partial charge in [-0.2, -0.15) is 10.4 Å². The van der Waals surface area contributed by atoms with Crippen molar-refractivity contribution in [2.45, 2.75) is 19.5 Å². The maximum Gasteiger partial charge on any atom is 0.277 e. The first-order valence-corrected chi connectivity index (χ1v) is 8.84. The molecule has 1 atom stereocenters. The number of nitriles is 1. The summed E-state index contributed by atoms with van der Waals surface area (Å²) in [5.74, 6) is -0.703. The molecule has 1 aliphatic rings. The number of para-hydroxylation sites is 1. The summed E-state index contributed by atoms with van der Waals surface area (Å²) in [7, 11) is 0. The van der Waals surface area contributed by atoms with Crippen LogP contribution in [0.5, 0.6) is 0 Å². The Kier molecular flexibility index (Phi) is 4.38. The van der Waals surface area contributed by atoms with Gasteiger partial charge in [-0.1, -0.05) is 24.3 Å². The van der Waals surface area contributed by atoms with Gasteiger partial charge in [-0.25, -0.2) is 0 Å². The number of carbonyl (C=O) groups is 2. The zero-order valence-electron chi connectivity index (χ0n) is 15.2. The predicted octanol–water partition coefficient (Wildman–Crippen LogP) is 3.06. The summed E-state index contributed by atoms with van der Waals surface area (Å²) in [5, 5.41) is 16.0. The molecule has 0 aliphatic carbocycles. The quantitative estimate of drug-likeness (QED) is 0.766. The fourth-order valence-electron chi connectivity index (χ4n) is 3.39. The molecule has 1 N–H and O–H groups in total. The molecule has 2 heterocycles. The molecule has 2 aromatic carbocycles. The third-order valence-corrected chi connectivity index (χ3v) is 4.67. The number of carbonyl (C=O) groups excluding carboxylic acids is 2. The molecule has 2 amide bonds. The van der Waals surface area contributed by atoms with E-state index in [1.807, 2.05) is 43.3 Å². The second-order valence-corrected chi connectivity index (χ2v) is 6.60. The van der Waals surface area contributed by atoms with Gasteiger partial charge >= 0.3 is 0 Å². The van der Waals surface area contributed by atoms with Crippen LogP contribution in [-0.2, 0) is 6.54 Å². The molecule has 1 aliphatic heterocycles. The molecule has 138 valence electrons. The predicted molar refractivity (Wildman–Crippen MR) is 104 cm³/mol. The Labute approximate surface area is 161 Å². The highest BCUT2D eigenvalue weighted by atomic mass is 16.2. The minimum Gasteiger partial charge on any atom is -0.322 e. The van der Waals surface area contributed by atoms with Crippen LogP contribution in [0.25, 0.3) is 0 Å². The maximum absolute atomic E-state index is 13.2. The number of anilines is 2. The van der Waals surface area contributed by atoms with Crippen LogP contribution >= 0.6 is 0 Å². The first-order chi connectivity index (χ1) is 13.6. The summed E-state index contributed by atoms with van der Waals surface area (Å²) in [4.78, 5) is 27.7. The van der Waals surface area contributed by atoms with Gasteiger partial charge < -0.3 is 10.2 Å². The summed E-state index contributed by atoms with van der Waals surface area (Å²) in [6.07, 6.45) is 1.41. The SMILES string of the molecule is CC1Cn2ncc(C(=O)Nc3cccc(C#N)c3)c2C(=O)N1c1ccccc1. The van der Waals surface area contributed by atoms with Gasteiger partial charge in [0.25, 0.3) is 11.8 Å². The number of hydrogen-bond donors (Lipinski definition) is 1. The minimum atomic E-state index is -0.438. The lowest BCUT2D eigenvalue weighted by molar-refractivity contribution is 0.0933. The van der Waals surface area contributed by atoms with Crippen molar-refractivity contribution in [3.05, 3.63) is 77.6 Å². The molecule has 0 radical (unpaired) electrons. The van der Waals surface area contributed by atoms with Crippen molar-refractivity contribution in [2.75, 3.05) is 10.2 Å². The van der Waals surface area contributed by atoms with Gasteiger partial charge in [-0.3, -0.25) is 14.3 Å². The van der Waals surface area contributed by atoms with E-state index < -0.39 is 5.91 Å². The molecular formula is C21H17N5O2. The number of rotatable bonds is 3. The number of aromatic nitrogens is 2. The number of hydrogen-bond acceptors (Lipinski definition) is 4. The van der Waals surface area contributed by atoms with Crippen molar-refractivity contribution in [2.24, 2.45) is 0 Å². The monoisotopic (exact) mass is 371 g/mol. The third kappa shape index (κ3) is 3.01. The first-order valence-electron chi connectivity index (χ1n) is 8.84. The van der Waals surface area contributed by atoms with Crippen molar-refractivity contribution in [1.82, 2.24) is 9.78 Å². The van der Waals surface area contributed by atoms with Gasteiger partial charge in [0.1, 0.15) is 5.69 Å². The number of fused-ring (bicyclic) bond motifs is 1. The Morgan fingerprint density at radius 1 is 1.21 bits per heavy atom. The van der Waals surface area contributed by atoms with Crippen LogP contribution < -0.4 is 10.2 Å². The Bertz CT molecular complexity index is 1100. The second-order valence-electron chi connectivity index (χ2n) is 6.60. The van der Waals surface area contributed by atoms with Crippen LogP contribution in [0.1, 0.15) is 33.3 Å². The second kappa shape index (κ2) is 7.00. The van der Waals surface area contributed by atoms with Gasteiger partial charge in [-0.15, -0.1) is 0 Å². The normalized spacial score (nSPS) is 15.6. The van der Waals surface area contributed by atoms with Crippen LogP contribution in [0, 0.1) is 11.3 Å². The van der Waals surface area contributed by atoms with E-state index >= 15 is 0 Å². The van der Waals surface area contributed by atoms with E-state index in [9.17, 15) is 9.59 Å². The van der Waals surface area contributed by atoms with Gasteiger partial charge in [0, 0.05) is 11.4 Å². The molecule has 0 saturated carbocycles. The van der Waals surface area contributed by atoms with E-state index in [1.54, 1.807) is 33.8 Å². The summed E-state index contributed by atoms with van der Waals surface area (Å²) >= 11 is 0. The Morgan fingerprint density at radius 3 is 2.75 bits per heavy atom. The van der Waals surface area contributed by atoms with Crippen molar-refractivity contribution < 1.29 is 9.59 Å². The average molecular weight is 371 g/mol. The Hall–Kier alpha value is -3.92. The largest absolute Gasteiger partial charge is 0.322 e. The van der Waals surface area contributed by atoms with E-state index in [2.05, 4.69) is 10.4 Å². The first kappa shape index (κ1) is 17.5. The lowest BCUT2D eigenvalue weighted by Crippen LogP contribution is -2.47. The smallest absolute Gasteiger partial charge is 0.277 e. The summed E-state index contributed by atoms with van der Waals surface area (Å²) in [6, 6.07) is 17.9. The highest BCUT2D eigenvalue weighted by molar-refractivity contribution is 6.15. The molecule has 4 rings (SSSR count). The van der Waals surface area contributed by atoms with Gasteiger partial charge in [0.2, 0.25) is 0 Å². The summed E-state index contributed by atoms with van der Waals surface area (Å²) in [5.41, 5.74) is 2.17. The van der Waals surface area contributed by atoms with Gasteiger partial charge in [-0.05, 0) is 37.3 Å². The molecular weight excluding hydrogens is 354 g/mol. The van der Waals surface area contributed by atoms with E-state index in [1.165, 1.54) is 6.20 Å². The van der Waals surface area contributed by atoms with Crippen LogP contribution in [0.2, 0.25) is 0 Å². The van der Waals surface area contributed by atoms with Gasteiger partial charge in [0.15, 0.2) is 0 Å². The van der Waals surface area contributed by atoms with Crippen molar-refractivity contribution >= 4 is 23.2 Å². The van der Waals surface area contributed by atoms with Crippen LogP contribution in [0.3, 0.4) is 0 Å². The minimum absolute atomic E-state index is 0.0921. The molecule has 3 aromatic rings. The Morgan fingerprint density at radius 2 is 2.00 bits per heavy atom. The van der Waals surface area contributed by atoms with Crippen molar-refractivity contribution in [3.63, 3.8) is 0 Å². The van der Waals surface area contributed by atoms with E-state index in [0.717, 1.165) is 5.69 Å². The number of nitrogens with zero attached hydrogens (tertiary/aromatic N) is 4. The number of nitrogens with one attached hydrogen (secondary N) is 1. The zero-order valence-corrected chi connectivity index (χ0v) is 15.2. The van der Waals surface area contributed by atoms with E-state index in [0.29, 0.717) is 17.8 Å². The summed E-state index contributed by atoms with van der Waals surface area (Å²) < 4.78 is 1.58. The molecule has 0 bridgehead atoms. The highest BCUT2D eigenvalue weighted by Gasteiger charge is 2.35. The van der Waals surface area contributed by atoms with Crippen LogP contribution in [-0.4, -0.2) is 27.6 Å². The topological polar surface area (TPSA) is 91.0 Å². The van der Waals surface area contributed by atoms with Crippen molar-refractivity contribution in [1.29, 1.82) is 5.26 Å². The van der Waals surface area contributed by atoms with Gasteiger partial charge in [0.05, 0.1) is 36.0 Å². The van der Waals surface area contributed by atoms with Crippen LogP contribution in [0.15, 0.2) is 60.8 Å². The molecule has 1 aromatic heterocycles. The van der Waals surface area contributed by atoms with Crippen molar-refractivity contribution in [3.8, 4) is 6.07 Å². The number of amides is 2. The summed E-state index contributed by atoms with van der Waals surface area (Å²) in [6.45, 7) is 2.44. The van der Waals surface area contributed by atoms with Crippen LogP contribution in [0.4, 0.5) is 11.4 Å². The molecule has 28 heavy (non-hydrogen) atoms. The Balaban J connectivity index is 1.66. The van der Waals surface area contributed by atoms with E-state index in [-0.39, 0.29) is 23.2 Å². The highest BCUT2D eigenvalue weighted by Crippen LogP contribution is 2.27. The average Bonchev–Trinajstić information content (AvgIpc) is 3.13. The van der Waals surface area contributed by atoms with E-state index in [4.69, 9.17) is 5.26 Å². The fourth-order valence-corrected chi connectivity index (χ4v) is 3.39. The molecule has 7 nitrogen and oxygen atoms in total.